The standard InChI is InChI=1S/C21H24O3/c22-12-20-17-10-9-15(24)11-19(17)16-3-1-2-4-18(16)21(20)13-5-7-14(23)8-6-13/h5-11,16,18,20-24H,1-4,12H2/t16-,18+,20+,21+/m1/s1. The summed E-state index contributed by atoms with van der Waals surface area (Å²) < 4.78 is 0. The average Bonchev–Trinajstić information content (AvgIpc) is 2.61. The lowest BCUT2D eigenvalue weighted by atomic mass is 9.58. The molecule has 0 aromatic heterocycles. The van der Waals surface area contributed by atoms with Crippen LogP contribution in [0.25, 0.3) is 0 Å². The zero-order valence-corrected chi connectivity index (χ0v) is 13.7. The van der Waals surface area contributed by atoms with E-state index in [1.165, 1.54) is 29.5 Å². The molecule has 2 aliphatic carbocycles. The third-order valence-electron chi connectivity index (χ3n) is 6.06. The molecule has 0 unspecified atom stereocenters. The van der Waals surface area contributed by atoms with Gasteiger partial charge in [-0.1, -0.05) is 31.0 Å². The van der Waals surface area contributed by atoms with E-state index in [9.17, 15) is 15.3 Å². The number of aliphatic hydroxyl groups excluding tert-OH is 1. The van der Waals surface area contributed by atoms with Crippen LogP contribution in [0.4, 0.5) is 0 Å². The van der Waals surface area contributed by atoms with Crippen LogP contribution >= 0.6 is 0 Å². The van der Waals surface area contributed by atoms with Crippen LogP contribution in [0.15, 0.2) is 42.5 Å². The molecule has 0 heterocycles. The lowest BCUT2D eigenvalue weighted by Gasteiger charge is -2.47. The Labute approximate surface area is 142 Å². The third-order valence-corrected chi connectivity index (χ3v) is 6.06. The highest BCUT2D eigenvalue weighted by atomic mass is 16.3. The van der Waals surface area contributed by atoms with E-state index in [-0.39, 0.29) is 24.2 Å². The van der Waals surface area contributed by atoms with Gasteiger partial charge in [0.05, 0.1) is 6.61 Å². The van der Waals surface area contributed by atoms with E-state index in [0.29, 0.717) is 17.6 Å². The monoisotopic (exact) mass is 324 g/mol. The van der Waals surface area contributed by atoms with Crippen molar-refractivity contribution in [1.29, 1.82) is 0 Å². The fourth-order valence-electron chi connectivity index (χ4n) is 5.08. The summed E-state index contributed by atoms with van der Waals surface area (Å²) in [6.07, 6.45) is 4.75. The van der Waals surface area contributed by atoms with Crippen molar-refractivity contribution in [3.05, 3.63) is 59.2 Å². The van der Waals surface area contributed by atoms with Gasteiger partial charge in [-0.05, 0) is 71.6 Å². The Morgan fingerprint density at radius 1 is 0.833 bits per heavy atom. The summed E-state index contributed by atoms with van der Waals surface area (Å²) in [4.78, 5) is 0. The molecule has 3 nitrogen and oxygen atoms in total. The van der Waals surface area contributed by atoms with E-state index < -0.39 is 0 Å². The highest BCUT2D eigenvalue weighted by Crippen LogP contribution is 2.56. The predicted octanol–water partition coefficient (Wildman–Crippen LogP) is 4.24. The fraction of sp³-hybridized carbons (Fsp3) is 0.429. The van der Waals surface area contributed by atoms with Gasteiger partial charge in [0.15, 0.2) is 0 Å². The molecule has 3 heteroatoms. The second-order valence-corrected chi connectivity index (χ2v) is 7.27. The zero-order chi connectivity index (χ0) is 16.7. The fourth-order valence-corrected chi connectivity index (χ4v) is 5.08. The highest BCUT2D eigenvalue weighted by Gasteiger charge is 2.43. The summed E-state index contributed by atoms with van der Waals surface area (Å²) in [7, 11) is 0. The van der Waals surface area contributed by atoms with Gasteiger partial charge in [0.2, 0.25) is 0 Å². The highest BCUT2D eigenvalue weighted by molar-refractivity contribution is 5.46. The van der Waals surface area contributed by atoms with Gasteiger partial charge in [0.25, 0.3) is 0 Å². The molecule has 0 saturated heterocycles. The molecule has 4 atom stereocenters. The van der Waals surface area contributed by atoms with Crippen LogP contribution in [0.5, 0.6) is 11.5 Å². The Bertz CT molecular complexity index is 722. The first kappa shape index (κ1) is 15.5. The van der Waals surface area contributed by atoms with Crippen LogP contribution in [-0.4, -0.2) is 21.9 Å². The Morgan fingerprint density at radius 2 is 1.54 bits per heavy atom. The largest absolute Gasteiger partial charge is 0.508 e. The molecule has 126 valence electrons. The molecule has 1 fully saturated rings. The summed E-state index contributed by atoms with van der Waals surface area (Å²) in [5, 5.41) is 29.8. The van der Waals surface area contributed by atoms with Crippen LogP contribution in [-0.2, 0) is 0 Å². The van der Waals surface area contributed by atoms with E-state index in [2.05, 4.69) is 0 Å². The molecule has 0 aliphatic heterocycles. The van der Waals surface area contributed by atoms with E-state index >= 15 is 0 Å². The van der Waals surface area contributed by atoms with Gasteiger partial charge >= 0.3 is 0 Å². The van der Waals surface area contributed by atoms with Crippen LogP contribution in [0, 0.1) is 5.92 Å². The quantitative estimate of drug-likeness (QED) is 0.774. The number of hydrogen-bond acceptors (Lipinski definition) is 3. The molecule has 2 aromatic rings. The Hall–Kier alpha value is -2.00. The molecular weight excluding hydrogens is 300 g/mol. The molecule has 2 aliphatic rings. The summed E-state index contributed by atoms with van der Waals surface area (Å²) in [5.41, 5.74) is 3.60. The second-order valence-electron chi connectivity index (χ2n) is 7.27. The number of phenolic OH excluding ortho intramolecular Hbond substituents is 2. The minimum Gasteiger partial charge on any atom is -0.508 e. The summed E-state index contributed by atoms with van der Waals surface area (Å²) in [6.45, 7) is 0.104. The number of hydrogen-bond donors (Lipinski definition) is 3. The molecule has 4 rings (SSSR count). The van der Waals surface area contributed by atoms with Gasteiger partial charge in [-0.2, -0.15) is 0 Å². The first-order valence-electron chi connectivity index (χ1n) is 8.91. The van der Waals surface area contributed by atoms with Crippen LogP contribution < -0.4 is 0 Å². The van der Waals surface area contributed by atoms with E-state index in [1.54, 1.807) is 18.2 Å². The van der Waals surface area contributed by atoms with Gasteiger partial charge in [-0.3, -0.25) is 0 Å². The van der Waals surface area contributed by atoms with Crippen molar-refractivity contribution in [2.24, 2.45) is 5.92 Å². The van der Waals surface area contributed by atoms with Crippen molar-refractivity contribution in [1.82, 2.24) is 0 Å². The maximum atomic E-state index is 10.2. The smallest absolute Gasteiger partial charge is 0.115 e. The minimum absolute atomic E-state index is 0.0458. The Morgan fingerprint density at radius 3 is 2.29 bits per heavy atom. The minimum atomic E-state index is 0.0458. The number of aliphatic hydroxyl groups is 1. The van der Waals surface area contributed by atoms with Gasteiger partial charge in [-0.25, -0.2) is 0 Å². The molecule has 1 saturated carbocycles. The van der Waals surface area contributed by atoms with Gasteiger partial charge < -0.3 is 15.3 Å². The molecule has 0 bridgehead atoms. The van der Waals surface area contributed by atoms with Crippen molar-refractivity contribution in [3.8, 4) is 11.5 Å². The summed E-state index contributed by atoms with van der Waals surface area (Å²) in [5.74, 6) is 1.83. The molecule has 2 aromatic carbocycles. The van der Waals surface area contributed by atoms with Gasteiger partial charge in [0, 0.05) is 5.92 Å². The topological polar surface area (TPSA) is 60.7 Å². The molecule has 0 amide bonds. The first-order chi connectivity index (χ1) is 11.7. The third kappa shape index (κ3) is 2.48. The SMILES string of the molecule is OC[C@H]1c2ccc(O)cc2[C@@H]2CCCC[C@@H]2[C@@H]1c1ccc(O)cc1. The van der Waals surface area contributed by atoms with E-state index in [4.69, 9.17) is 0 Å². The lowest BCUT2D eigenvalue weighted by Crippen LogP contribution is -2.35. The molecule has 3 N–H and O–H groups in total. The predicted molar refractivity (Wildman–Crippen MR) is 93.5 cm³/mol. The summed E-state index contributed by atoms with van der Waals surface area (Å²) in [6, 6.07) is 13.1. The zero-order valence-electron chi connectivity index (χ0n) is 13.7. The van der Waals surface area contributed by atoms with Crippen molar-refractivity contribution < 1.29 is 15.3 Å². The van der Waals surface area contributed by atoms with Gasteiger partial charge in [0.1, 0.15) is 11.5 Å². The van der Waals surface area contributed by atoms with Crippen molar-refractivity contribution in [3.63, 3.8) is 0 Å². The van der Waals surface area contributed by atoms with Crippen LogP contribution in [0.3, 0.4) is 0 Å². The molecule has 0 spiro atoms. The van der Waals surface area contributed by atoms with Crippen molar-refractivity contribution >= 4 is 0 Å². The second kappa shape index (κ2) is 6.14. The maximum Gasteiger partial charge on any atom is 0.115 e. The Balaban J connectivity index is 1.85. The van der Waals surface area contributed by atoms with Crippen LogP contribution in [0.1, 0.15) is 60.1 Å². The van der Waals surface area contributed by atoms with E-state index in [1.807, 2.05) is 24.3 Å². The van der Waals surface area contributed by atoms with E-state index in [0.717, 1.165) is 12.8 Å². The number of benzene rings is 2. The maximum absolute atomic E-state index is 10.2. The molecule has 0 radical (unpaired) electrons. The number of aromatic hydroxyl groups is 2. The summed E-state index contributed by atoms with van der Waals surface area (Å²) >= 11 is 0. The number of phenols is 2. The first-order valence-corrected chi connectivity index (χ1v) is 8.91. The Kier molecular flexibility index (Phi) is 3.97. The number of fused-ring (bicyclic) bond motifs is 3. The molecular formula is C21H24O3. The normalized spacial score (nSPS) is 28.9. The van der Waals surface area contributed by atoms with Gasteiger partial charge in [-0.15, -0.1) is 0 Å². The van der Waals surface area contributed by atoms with Crippen LogP contribution in [0.2, 0.25) is 0 Å². The van der Waals surface area contributed by atoms with Crippen molar-refractivity contribution in [2.75, 3.05) is 6.61 Å². The van der Waals surface area contributed by atoms with Crippen molar-refractivity contribution in [2.45, 2.75) is 43.4 Å². The average molecular weight is 324 g/mol. The lowest BCUT2D eigenvalue weighted by molar-refractivity contribution is 0.167. The molecule has 24 heavy (non-hydrogen) atoms. The number of rotatable bonds is 2.